The molecule has 0 N–H and O–H groups in total. The maximum absolute atomic E-state index is 9.14. The average molecular weight is 282 g/mol. The highest BCUT2D eigenvalue weighted by Crippen LogP contribution is 2.09. The molecule has 6 heteroatoms. The van der Waals surface area contributed by atoms with Crippen molar-refractivity contribution in [3.8, 4) is 18.6 Å². The van der Waals surface area contributed by atoms with E-state index in [9.17, 15) is 0 Å². The summed E-state index contributed by atoms with van der Waals surface area (Å²) in [5.41, 5.74) is 2.32. The molecule has 0 aromatic carbocycles. The molecule has 0 spiro atoms. The van der Waals surface area contributed by atoms with Crippen LogP contribution in [0.5, 0.6) is 0 Å². The fraction of sp³-hybridized carbons (Fsp3) is 0.400. The van der Waals surface area contributed by atoms with E-state index in [1.165, 1.54) is 14.7 Å². The molecular weight excluding hydrogens is 264 g/mol. The molecule has 1 heterocycles. The Labute approximate surface area is 125 Å². The average Bonchev–Trinajstić information content (AvgIpc) is 2.43. The molecule has 0 unspecified atom stereocenters. The van der Waals surface area contributed by atoms with Gasteiger partial charge in [-0.2, -0.15) is 15.8 Å². The zero-order chi connectivity index (χ0) is 15.8. The van der Waals surface area contributed by atoms with Gasteiger partial charge in [0.2, 0.25) is 0 Å². The molecule has 0 aliphatic carbocycles. The molecule has 0 amide bonds. The van der Waals surface area contributed by atoms with E-state index in [1.54, 1.807) is 0 Å². The van der Waals surface area contributed by atoms with Gasteiger partial charge in [-0.3, -0.25) is 0 Å². The summed E-state index contributed by atoms with van der Waals surface area (Å²) in [5.74, 6) is 0. The molecule has 0 atom stereocenters. The highest BCUT2D eigenvalue weighted by molar-refractivity contribution is 5.14. The molecule has 21 heavy (non-hydrogen) atoms. The lowest BCUT2D eigenvalue weighted by Crippen LogP contribution is -2.34. The van der Waals surface area contributed by atoms with Crippen LogP contribution in [0.4, 0.5) is 0 Å². The van der Waals surface area contributed by atoms with Crippen molar-refractivity contribution in [2.75, 3.05) is 39.3 Å². The van der Waals surface area contributed by atoms with Crippen LogP contribution in [0.25, 0.3) is 0 Å². The number of hydrogen-bond acceptors (Lipinski definition) is 6. The largest absolute Gasteiger partial charge is 0.302 e. The summed E-state index contributed by atoms with van der Waals surface area (Å²) in [5, 5.41) is 27.4. The first kappa shape index (κ1) is 16.1. The topological polar surface area (TPSA) is 81.1 Å². The van der Waals surface area contributed by atoms with Crippen LogP contribution in [0.15, 0.2) is 36.5 Å². The standard InChI is InChI=1S/C15H18N6/c1-13-4-19(10-16)6-14(2)8-21(12-18)9-15(3)7-20(5-13)11-17/h1-9H2. The molecule has 1 fully saturated rings. The van der Waals surface area contributed by atoms with Crippen LogP contribution >= 0.6 is 0 Å². The van der Waals surface area contributed by atoms with E-state index in [0.717, 1.165) is 16.7 Å². The molecule has 1 aliphatic rings. The zero-order valence-corrected chi connectivity index (χ0v) is 12.0. The summed E-state index contributed by atoms with van der Waals surface area (Å²) in [4.78, 5) is 4.56. The van der Waals surface area contributed by atoms with Gasteiger partial charge in [0.1, 0.15) is 0 Å². The van der Waals surface area contributed by atoms with Crippen molar-refractivity contribution in [1.82, 2.24) is 14.7 Å². The smallest absolute Gasteiger partial charge is 0.179 e. The first-order valence-electron chi connectivity index (χ1n) is 6.42. The molecule has 1 saturated heterocycles. The van der Waals surface area contributed by atoms with Crippen LogP contribution in [-0.2, 0) is 0 Å². The molecular formula is C15H18N6. The van der Waals surface area contributed by atoms with Crippen LogP contribution in [0.3, 0.4) is 0 Å². The maximum atomic E-state index is 9.14. The lowest BCUT2D eigenvalue weighted by Gasteiger charge is -2.26. The van der Waals surface area contributed by atoms with Gasteiger partial charge in [0.25, 0.3) is 0 Å². The third kappa shape index (κ3) is 5.30. The molecule has 0 saturated carbocycles. The SMILES string of the molecule is C=C1CN(C#N)CC(=C)CN(C#N)CC(=C)CN(C#N)C1. The Morgan fingerprint density at radius 3 is 0.905 bits per heavy atom. The molecule has 0 aromatic heterocycles. The molecule has 6 nitrogen and oxygen atoms in total. The van der Waals surface area contributed by atoms with Crippen LogP contribution in [0, 0.1) is 34.4 Å². The summed E-state index contributed by atoms with van der Waals surface area (Å²) in [6.07, 6.45) is 6.25. The molecule has 1 aliphatic heterocycles. The van der Waals surface area contributed by atoms with Crippen LogP contribution < -0.4 is 0 Å². The zero-order valence-electron chi connectivity index (χ0n) is 12.0. The van der Waals surface area contributed by atoms with Crippen molar-refractivity contribution in [3.63, 3.8) is 0 Å². The van der Waals surface area contributed by atoms with Crippen LogP contribution in [0.2, 0.25) is 0 Å². The second kappa shape index (κ2) is 7.62. The second-order valence-electron chi connectivity index (χ2n) is 5.12. The summed E-state index contributed by atoms with van der Waals surface area (Å²) in [6.45, 7) is 13.9. The number of rotatable bonds is 0. The van der Waals surface area contributed by atoms with Gasteiger partial charge in [-0.25, -0.2) is 0 Å². The summed E-state index contributed by atoms with van der Waals surface area (Å²) >= 11 is 0. The Balaban J connectivity index is 2.92. The molecule has 0 aromatic rings. The molecule has 0 radical (unpaired) electrons. The van der Waals surface area contributed by atoms with Crippen molar-refractivity contribution in [1.29, 1.82) is 15.8 Å². The lowest BCUT2D eigenvalue weighted by atomic mass is 10.2. The van der Waals surface area contributed by atoms with E-state index in [-0.39, 0.29) is 0 Å². The van der Waals surface area contributed by atoms with E-state index in [1.807, 2.05) is 0 Å². The fourth-order valence-corrected chi connectivity index (χ4v) is 2.15. The lowest BCUT2D eigenvalue weighted by molar-refractivity contribution is 0.369. The number of hydrogen-bond donors (Lipinski definition) is 0. The quantitative estimate of drug-likeness (QED) is 0.487. The van der Waals surface area contributed by atoms with Gasteiger partial charge in [-0.15, -0.1) is 0 Å². The van der Waals surface area contributed by atoms with E-state index < -0.39 is 0 Å². The minimum atomic E-state index is 0.368. The Kier molecular flexibility index (Phi) is 5.86. The fourth-order valence-electron chi connectivity index (χ4n) is 2.15. The summed E-state index contributed by atoms with van der Waals surface area (Å²) in [7, 11) is 0. The van der Waals surface area contributed by atoms with Crippen LogP contribution in [0.1, 0.15) is 0 Å². The first-order chi connectivity index (χ1) is 9.98. The minimum absolute atomic E-state index is 0.368. The highest BCUT2D eigenvalue weighted by atomic mass is 15.2. The third-order valence-electron chi connectivity index (χ3n) is 2.91. The highest BCUT2D eigenvalue weighted by Gasteiger charge is 2.15. The summed E-state index contributed by atoms with van der Waals surface area (Å²) in [6, 6.07) is 0. The van der Waals surface area contributed by atoms with Gasteiger partial charge in [-0.1, -0.05) is 19.7 Å². The van der Waals surface area contributed by atoms with Gasteiger partial charge in [0, 0.05) is 0 Å². The second-order valence-corrected chi connectivity index (χ2v) is 5.12. The number of nitrogens with zero attached hydrogens (tertiary/aromatic N) is 6. The number of nitriles is 3. The van der Waals surface area contributed by atoms with Crippen molar-refractivity contribution in [2.45, 2.75) is 0 Å². The van der Waals surface area contributed by atoms with Gasteiger partial charge in [-0.05, 0) is 16.7 Å². The summed E-state index contributed by atoms with van der Waals surface area (Å²) < 4.78 is 0. The molecule has 0 bridgehead atoms. The molecule has 108 valence electrons. The van der Waals surface area contributed by atoms with E-state index in [2.05, 4.69) is 38.3 Å². The van der Waals surface area contributed by atoms with Crippen LogP contribution in [-0.4, -0.2) is 54.0 Å². The van der Waals surface area contributed by atoms with E-state index in [4.69, 9.17) is 15.8 Å². The first-order valence-corrected chi connectivity index (χ1v) is 6.42. The minimum Gasteiger partial charge on any atom is -0.302 e. The van der Waals surface area contributed by atoms with Crippen molar-refractivity contribution < 1.29 is 0 Å². The van der Waals surface area contributed by atoms with E-state index in [0.29, 0.717) is 39.3 Å². The molecule has 1 rings (SSSR count). The monoisotopic (exact) mass is 282 g/mol. The van der Waals surface area contributed by atoms with Crippen molar-refractivity contribution >= 4 is 0 Å². The van der Waals surface area contributed by atoms with Gasteiger partial charge >= 0.3 is 0 Å². The Morgan fingerprint density at radius 2 is 0.762 bits per heavy atom. The predicted octanol–water partition coefficient (Wildman–Crippen LogP) is 1.02. The Bertz CT molecular complexity index is 451. The van der Waals surface area contributed by atoms with Crippen molar-refractivity contribution in [2.24, 2.45) is 0 Å². The normalized spacial score (nSPS) is 18.1. The maximum Gasteiger partial charge on any atom is 0.179 e. The van der Waals surface area contributed by atoms with Gasteiger partial charge < -0.3 is 14.7 Å². The van der Waals surface area contributed by atoms with Gasteiger partial charge in [0.05, 0.1) is 39.3 Å². The Morgan fingerprint density at radius 1 is 0.571 bits per heavy atom. The predicted molar refractivity (Wildman–Crippen MR) is 79.0 cm³/mol. The Hall–Kier alpha value is -2.91. The third-order valence-corrected chi connectivity index (χ3v) is 2.91. The van der Waals surface area contributed by atoms with Gasteiger partial charge in [0.15, 0.2) is 18.6 Å². The van der Waals surface area contributed by atoms with E-state index >= 15 is 0 Å². The van der Waals surface area contributed by atoms with Crippen molar-refractivity contribution in [3.05, 3.63) is 36.5 Å².